The van der Waals surface area contributed by atoms with Gasteiger partial charge in [-0.05, 0) is 42.3 Å². The van der Waals surface area contributed by atoms with Crippen molar-refractivity contribution in [3.63, 3.8) is 0 Å². The first-order valence-electron chi connectivity index (χ1n) is 10.8. The van der Waals surface area contributed by atoms with Crippen LogP contribution in [-0.2, 0) is 13.0 Å². The van der Waals surface area contributed by atoms with Crippen molar-refractivity contribution in [2.75, 3.05) is 41.7 Å². The number of ether oxygens (including phenoxy) is 1. The number of aromatic nitrogens is 5. The molecule has 9 heteroatoms. The van der Waals surface area contributed by atoms with E-state index in [-0.39, 0.29) is 5.95 Å². The van der Waals surface area contributed by atoms with E-state index in [4.69, 9.17) is 15.5 Å². The standard InChI is InChI=1S/C23H26N8O/c1-2-16-5-6-18-19(14-16)29-23(28-18)31-12-10-30(11-13-31)21-20(4-3-8-25-21)32-15-17-7-9-26-22(24)27-17/h3-9,14H,2,10-13,15H2,1H3,(H,28,29)(H2,24,26,27). The molecule has 32 heavy (non-hydrogen) atoms. The zero-order valence-corrected chi connectivity index (χ0v) is 18.0. The quantitative estimate of drug-likeness (QED) is 0.481. The van der Waals surface area contributed by atoms with E-state index < -0.39 is 0 Å². The van der Waals surface area contributed by atoms with Crippen LogP contribution in [0.2, 0.25) is 0 Å². The van der Waals surface area contributed by atoms with E-state index in [0.717, 1.165) is 66.8 Å². The van der Waals surface area contributed by atoms with E-state index in [1.807, 2.05) is 12.1 Å². The summed E-state index contributed by atoms with van der Waals surface area (Å²) in [6, 6.07) is 12.0. The Morgan fingerprint density at radius 2 is 1.84 bits per heavy atom. The second-order valence-electron chi connectivity index (χ2n) is 7.76. The minimum atomic E-state index is 0.241. The maximum absolute atomic E-state index is 6.02. The van der Waals surface area contributed by atoms with Gasteiger partial charge in [-0.15, -0.1) is 0 Å². The predicted molar refractivity (Wildman–Crippen MR) is 125 cm³/mol. The molecule has 3 N–H and O–H groups in total. The average Bonchev–Trinajstić information content (AvgIpc) is 3.26. The molecular formula is C23H26N8O. The van der Waals surface area contributed by atoms with Crippen molar-refractivity contribution in [1.82, 2.24) is 24.9 Å². The third-order valence-corrected chi connectivity index (χ3v) is 5.68. The van der Waals surface area contributed by atoms with Gasteiger partial charge < -0.3 is 25.3 Å². The van der Waals surface area contributed by atoms with Crippen molar-refractivity contribution in [3.05, 3.63) is 60.0 Å². The molecule has 0 bridgehead atoms. The maximum Gasteiger partial charge on any atom is 0.220 e. The molecule has 1 fully saturated rings. The normalized spacial score (nSPS) is 14.2. The van der Waals surface area contributed by atoms with Crippen LogP contribution in [0.5, 0.6) is 5.75 Å². The van der Waals surface area contributed by atoms with Crippen LogP contribution >= 0.6 is 0 Å². The molecule has 5 rings (SSSR count). The van der Waals surface area contributed by atoms with E-state index in [0.29, 0.717) is 6.61 Å². The van der Waals surface area contributed by atoms with Crippen LogP contribution in [0.1, 0.15) is 18.2 Å². The van der Waals surface area contributed by atoms with Gasteiger partial charge in [-0.25, -0.2) is 19.9 Å². The first-order chi connectivity index (χ1) is 15.7. The molecule has 0 unspecified atom stereocenters. The predicted octanol–water partition coefficient (Wildman–Crippen LogP) is 2.80. The molecule has 1 aromatic carbocycles. The molecule has 0 radical (unpaired) electrons. The Labute approximate surface area is 186 Å². The molecule has 1 saturated heterocycles. The Bertz CT molecular complexity index is 1220. The van der Waals surface area contributed by atoms with Crippen LogP contribution in [0.25, 0.3) is 11.0 Å². The van der Waals surface area contributed by atoms with Crippen LogP contribution in [0.15, 0.2) is 48.8 Å². The van der Waals surface area contributed by atoms with Gasteiger partial charge in [0.25, 0.3) is 0 Å². The summed E-state index contributed by atoms with van der Waals surface area (Å²) in [4.78, 5) is 25.5. The van der Waals surface area contributed by atoms with Crippen molar-refractivity contribution >= 4 is 28.7 Å². The maximum atomic E-state index is 6.02. The second-order valence-corrected chi connectivity index (χ2v) is 7.76. The SMILES string of the molecule is CCc1ccc2nc(N3CCN(c4ncccc4OCc4ccnc(N)n4)CC3)[nH]c2c1. The number of aromatic amines is 1. The molecule has 0 atom stereocenters. The largest absolute Gasteiger partial charge is 0.483 e. The average molecular weight is 431 g/mol. The lowest BCUT2D eigenvalue weighted by molar-refractivity contribution is 0.300. The van der Waals surface area contributed by atoms with Gasteiger partial charge in [0.15, 0.2) is 11.6 Å². The molecule has 3 aromatic heterocycles. The number of imidazole rings is 1. The Hall–Kier alpha value is -3.88. The van der Waals surface area contributed by atoms with Gasteiger partial charge in [-0.1, -0.05) is 13.0 Å². The smallest absolute Gasteiger partial charge is 0.220 e. The van der Waals surface area contributed by atoms with Crippen molar-refractivity contribution in [2.24, 2.45) is 0 Å². The highest BCUT2D eigenvalue weighted by atomic mass is 16.5. The molecule has 0 aliphatic carbocycles. The van der Waals surface area contributed by atoms with Crippen LogP contribution in [0.3, 0.4) is 0 Å². The number of hydrogen-bond donors (Lipinski definition) is 2. The number of piperazine rings is 1. The molecular weight excluding hydrogens is 404 g/mol. The summed E-state index contributed by atoms with van der Waals surface area (Å²) >= 11 is 0. The number of hydrogen-bond acceptors (Lipinski definition) is 8. The Kier molecular flexibility index (Phi) is 5.45. The number of nitrogens with one attached hydrogen (secondary N) is 1. The number of H-pyrrole nitrogens is 1. The van der Waals surface area contributed by atoms with E-state index >= 15 is 0 Å². The monoisotopic (exact) mass is 430 g/mol. The van der Waals surface area contributed by atoms with Crippen molar-refractivity contribution in [3.8, 4) is 5.75 Å². The minimum Gasteiger partial charge on any atom is -0.483 e. The van der Waals surface area contributed by atoms with Gasteiger partial charge in [-0.2, -0.15) is 0 Å². The molecule has 1 aliphatic heterocycles. The number of pyridine rings is 1. The number of rotatable bonds is 6. The molecule has 1 aliphatic rings. The topological polar surface area (TPSA) is 109 Å². The lowest BCUT2D eigenvalue weighted by atomic mass is 10.1. The van der Waals surface area contributed by atoms with E-state index in [9.17, 15) is 0 Å². The van der Waals surface area contributed by atoms with Gasteiger partial charge in [0.05, 0.1) is 16.7 Å². The minimum absolute atomic E-state index is 0.241. The Morgan fingerprint density at radius 3 is 2.66 bits per heavy atom. The summed E-state index contributed by atoms with van der Waals surface area (Å²) in [6.45, 7) is 5.81. The van der Waals surface area contributed by atoms with Gasteiger partial charge in [0.1, 0.15) is 6.61 Å². The van der Waals surface area contributed by atoms with Gasteiger partial charge in [-0.3, -0.25) is 0 Å². The summed E-state index contributed by atoms with van der Waals surface area (Å²) in [6.07, 6.45) is 4.44. The molecule has 4 heterocycles. The molecule has 9 nitrogen and oxygen atoms in total. The zero-order valence-electron chi connectivity index (χ0n) is 18.0. The Morgan fingerprint density at radius 1 is 1.00 bits per heavy atom. The fourth-order valence-electron chi connectivity index (χ4n) is 3.92. The summed E-state index contributed by atoms with van der Waals surface area (Å²) in [5.74, 6) is 2.73. The first kappa shape index (κ1) is 20.0. The summed E-state index contributed by atoms with van der Waals surface area (Å²) in [7, 11) is 0. The number of aryl methyl sites for hydroxylation is 1. The first-order valence-corrected chi connectivity index (χ1v) is 10.8. The highest BCUT2D eigenvalue weighted by molar-refractivity contribution is 5.78. The third kappa shape index (κ3) is 4.14. The van der Waals surface area contributed by atoms with Crippen molar-refractivity contribution < 1.29 is 4.74 Å². The van der Waals surface area contributed by atoms with Crippen LogP contribution in [0, 0.1) is 0 Å². The highest BCUT2D eigenvalue weighted by Crippen LogP contribution is 2.28. The second kappa shape index (κ2) is 8.70. The van der Waals surface area contributed by atoms with Gasteiger partial charge >= 0.3 is 0 Å². The number of nitrogens with two attached hydrogens (primary N) is 1. The number of nitrogen functional groups attached to an aromatic ring is 1. The summed E-state index contributed by atoms with van der Waals surface area (Å²) < 4.78 is 6.02. The zero-order chi connectivity index (χ0) is 21.9. The van der Waals surface area contributed by atoms with Crippen LogP contribution in [-0.4, -0.2) is 51.1 Å². The number of anilines is 3. The number of fused-ring (bicyclic) bond motifs is 1. The van der Waals surface area contributed by atoms with Gasteiger partial charge in [0, 0.05) is 38.6 Å². The molecule has 0 amide bonds. The third-order valence-electron chi connectivity index (χ3n) is 5.68. The van der Waals surface area contributed by atoms with Crippen LogP contribution < -0.4 is 20.3 Å². The molecule has 164 valence electrons. The highest BCUT2D eigenvalue weighted by Gasteiger charge is 2.23. The van der Waals surface area contributed by atoms with Gasteiger partial charge in [0.2, 0.25) is 11.9 Å². The Balaban J connectivity index is 1.26. The van der Waals surface area contributed by atoms with E-state index in [2.05, 4.69) is 54.9 Å². The fourth-order valence-corrected chi connectivity index (χ4v) is 3.92. The lowest BCUT2D eigenvalue weighted by Crippen LogP contribution is -2.47. The lowest BCUT2D eigenvalue weighted by Gasteiger charge is -2.35. The molecule has 4 aromatic rings. The molecule has 0 spiro atoms. The number of benzene rings is 1. The van der Waals surface area contributed by atoms with Crippen LogP contribution in [0.4, 0.5) is 17.7 Å². The fraction of sp³-hybridized carbons (Fsp3) is 0.304. The van der Waals surface area contributed by atoms with Crippen molar-refractivity contribution in [1.29, 1.82) is 0 Å². The summed E-state index contributed by atoms with van der Waals surface area (Å²) in [5.41, 5.74) is 9.80. The number of nitrogens with zero attached hydrogens (tertiary/aromatic N) is 6. The van der Waals surface area contributed by atoms with Crippen molar-refractivity contribution in [2.45, 2.75) is 20.0 Å². The van der Waals surface area contributed by atoms with E-state index in [1.165, 1.54) is 5.56 Å². The summed E-state index contributed by atoms with van der Waals surface area (Å²) in [5, 5.41) is 0. The van der Waals surface area contributed by atoms with E-state index in [1.54, 1.807) is 18.5 Å². The molecule has 0 saturated carbocycles.